The molecule has 0 fully saturated rings. The van der Waals surface area contributed by atoms with Gasteiger partial charge in [-0.15, -0.1) is 0 Å². The van der Waals surface area contributed by atoms with Crippen LogP contribution in [0.25, 0.3) is 0 Å². The molecule has 82 valence electrons. The summed E-state index contributed by atoms with van der Waals surface area (Å²) in [6.07, 6.45) is 5.34. The van der Waals surface area contributed by atoms with Gasteiger partial charge in [0.05, 0.1) is 5.69 Å². The van der Waals surface area contributed by atoms with E-state index in [0.717, 1.165) is 24.2 Å². The molecular weight excluding hydrogens is 198 g/mol. The Morgan fingerprint density at radius 3 is 2.38 bits per heavy atom. The van der Waals surface area contributed by atoms with Crippen molar-refractivity contribution in [3.63, 3.8) is 0 Å². The van der Waals surface area contributed by atoms with Crippen molar-refractivity contribution in [1.82, 2.24) is 9.97 Å². The molecule has 2 N–H and O–H groups in total. The lowest BCUT2D eigenvalue weighted by Gasteiger charge is -2.09. The second-order valence-electron chi connectivity index (χ2n) is 3.72. The molecular formula is C13H15N3. The molecule has 1 atom stereocenters. The van der Waals surface area contributed by atoms with Gasteiger partial charge in [-0.3, -0.25) is 9.97 Å². The van der Waals surface area contributed by atoms with Crippen LogP contribution in [-0.4, -0.2) is 9.97 Å². The van der Waals surface area contributed by atoms with E-state index in [1.165, 1.54) is 0 Å². The molecule has 0 spiro atoms. The maximum absolute atomic E-state index is 6.05. The zero-order valence-electron chi connectivity index (χ0n) is 9.08. The van der Waals surface area contributed by atoms with Crippen LogP contribution in [0.2, 0.25) is 0 Å². The SMILES string of the molecule is NC(CCc1ccccn1)c1ccccn1. The van der Waals surface area contributed by atoms with Crippen molar-refractivity contribution in [3.05, 3.63) is 60.2 Å². The molecule has 0 saturated heterocycles. The first-order valence-electron chi connectivity index (χ1n) is 5.42. The molecule has 0 aliphatic rings. The zero-order chi connectivity index (χ0) is 11.2. The number of nitrogens with two attached hydrogens (primary N) is 1. The molecule has 0 aliphatic heterocycles. The van der Waals surface area contributed by atoms with Gasteiger partial charge >= 0.3 is 0 Å². The number of hydrogen-bond donors (Lipinski definition) is 1. The maximum atomic E-state index is 6.05. The molecule has 2 heterocycles. The van der Waals surface area contributed by atoms with Gasteiger partial charge in [0, 0.05) is 24.1 Å². The minimum atomic E-state index is -0.0109. The molecule has 2 aromatic rings. The third kappa shape index (κ3) is 2.87. The quantitative estimate of drug-likeness (QED) is 0.846. The van der Waals surface area contributed by atoms with Gasteiger partial charge in [-0.25, -0.2) is 0 Å². The fraction of sp³-hybridized carbons (Fsp3) is 0.231. The Hall–Kier alpha value is -1.74. The van der Waals surface area contributed by atoms with Crippen LogP contribution in [0, 0.1) is 0 Å². The average molecular weight is 213 g/mol. The molecule has 0 bridgehead atoms. The summed E-state index contributed by atoms with van der Waals surface area (Å²) >= 11 is 0. The number of pyridine rings is 2. The second kappa shape index (κ2) is 5.37. The summed E-state index contributed by atoms with van der Waals surface area (Å²) in [5.41, 5.74) is 8.07. The highest BCUT2D eigenvalue weighted by Crippen LogP contribution is 2.13. The molecule has 3 heteroatoms. The van der Waals surface area contributed by atoms with Crippen molar-refractivity contribution >= 4 is 0 Å². The van der Waals surface area contributed by atoms with E-state index in [2.05, 4.69) is 9.97 Å². The van der Waals surface area contributed by atoms with Crippen LogP contribution in [-0.2, 0) is 6.42 Å². The first kappa shape index (κ1) is 10.8. The van der Waals surface area contributed by atoms with E-state index in [9.17, 15) is 0 Å². The van der Waals surface area contributed by atoms with Crippen molar-refractivity contribution in [2.75, 3.05) is 0 Å². The minimum Gasteiger partial charge on any atom is -0.323 e. The topological polar surface area (TPSA) is 51.8 Å². The van der Waals surface area contributed by atoms with Crippen molar-refractivity contribution < 1.29 is 0 Å². The molecule has 1 unspecified atom stereocenters. The van der Waals surface area contributed by atoms with Gasteiger partial charge in [0.15, 0.2) is 0 Å². The van der Waals surface area contributed by atoms with Gasteiger partial charge in [0.1, 0.15) is 0 Å². The fourth-order valence-corrected chi connectivity index (χ4v) is 1.59. The fourth-order valence-electron chi connectivity index (χ4n) is 1.59. The number of aryl methyl sites for hydroxylation is 1. The Balaban J connectivity index is 1.92. The summed E-state index contributed by atoms with van der Waals surface area (Å²) < 4.78 is 0. The monoisotopic (exact) mass is 213 g/mol. The number of rotatable bonds is 4. The third-order valence-corrected chi connectivity index (χ3v) is 2.51. The Labute approximate surface area is 95.4 Å². The zero-order valence-corrected chi connectivity index (χ0v) is 9.08. The van der Waals surface area contributed by atoms with Gasteiger partial charge in [0.2, 0.25) is 0 Å². The molecule has 16 heavy (non-hydrogen) atoms. The van der Waals surface area contributed by atoms with Gasteiger partial charge in [-0.05, 0) is 37.1 Å². The maximum Gasteiger partial charge on any atom is 0.0571 e. The summed E-state index contributed by atoms with van der Waals surface area (Å²) in [7, 11) is 0. The number of nitrogens with zero attached hydrogens (tertiary/aromatic N) is 2. The number of aromatic nitrogens is 2. The van der Waals surface area contributed by atoms with E-state index in [1.807, 2.05) is 42.6 Å². The lowest BCUT2D eigenvalue weighted by atomic mass is 10.1. The van der Waals surface area contributed by atoms with Crippen LogP contribution in [0.1, 0.15) is 23.9 Å². The normalized spacial score (nSPS) is 12.3. The molecule has 0 saturated carbocycles. The minimum absolute atomic E-state index is 0.0109. The number of hydrogen-bond acceptors (Lipinski definition) is 3. The van der Waals surface area contributed by atoms with Gasteiger partial charge < -0.3 is 5.73 Å². The highest BCUT2D eigenvalue weighted by atomic mass is 14.8. The summed E-state index contributed by atoms with van der Waals surface area (Å²) in [6.45, 7) is 0. The van der Waals surface area contributed by atoms with E-state index < -0.39 is 0 Å². The average Bonchev–Trinajstić information content (AvgIpc) is 2.38. The Morgan fingerprint density at radius 2 is 1.75 bits per heavy atom. The van der Waals surface area contributed by atoms with E-state index in [1.54, 1.807) is 6.20 Å². The van der Waals surface area contributed by atoms with Crippen LogP contribution in [0.5, 0.6) is 0 Å². The van der Waals surface area contributed by atoms with Gasteiger partial charge in [-0.1, -0.05) is 12.1 Å². The molecule has 0 radical (unpaired) electrons. The summed E-state index contributed by atoms with van der Waals surface area (Å²) in [4.78, 5) is 8.51. The van der Waals surface area contributed by atoms with Crippen LogP contribution < -0.4 is 5.73 Å². The predicted molar refractivity (Wildman–Crippen MR) is 63.7 cm³/mol. The first-order chi connectivity index (χ1) is 7.86. The highest BCUT2D eigenvalue weighted by molar-refractivity contribution is 5.09. The molecule has 2 aromatic heterocycles. The summed E-state index contributed by atoms with van der Waals surface area (Å²) in [5, 5.41) is 0. The van der Waals surface area contributed by atoms with Crippen LogP contribution in [0.15, 0.2) is 48.8 Å². The molecule has 0 aromatic carbocycles. The van der Waals surface area contributed by atoms with Crippen molar-refractivity contribution in [2.45, 2.75) is 18.9 Å². The van der Waals surface area contributed by atoms with Gasteiger partial charge in [-0.2, -0.15) is 0 Å². The van der Waals surface area contributed by atoms with E-state index >= 15 is 0 Å². The summed E-state index contributed by atoms with van der Waals surface area (Å²) in [6, 6.07) is 11.7. The Morgan fingerprint density at radius 1 is 1.00 bits per heavy atom. The lowest BCUT2D eigenvalue weighted by molar-refractivity contribution is 0.627. The largest absolute Gasteiger partial charge is 0.323 e. The summed E-state index contributed by atoms with van der Waals surface area (Å²) in [5.74, 6) is 0. The lowest BCUT2D eigenvalue weighted by Crippen LogP contribution is -2.13. The van der Waals surface area contributed by atoms with Gasteiger partial charge in [0.25, 0.3) is 0 Å². The second-order valence-corrected chi connectivity index (χ2v) is 3.72. The van der Waals surface area contributed by atoms with E-state index in [0.29, 0.717) is 0 Å². The first-order valence-corrected chi connectivity index (χ1v) is 5.42. The molecule has 2 rings (SSSR count). The Bertz CT molecular complexity index is 414. The molecule has 0 aliphatic carbocycles. The van der Waals surface area contributed by atoms with Crippen LogP contribution in [0.3, 0.4) is 0 Å². The Kier molecular flexibility index (Phi) is 3.62. The highest BCUT2D eigenvalue weighted by Gasteiger charge is 2.06. The van der Waals surface area contributed by atoms with Crippen molar-refractivity contribution in [1.29, 1.82) is 0 Å². The standard InChI is InChI=1S/C13H15N3/c14-12(13-6-2-4-10-16-13)8-7-11-5-1-3-9-15-11/h1-6,9-10,12H,7-8,14H2. The molecule has 3 nitrogen and oxygen atoms in total. The predicted octanol–water partition coefficient (Wildman–Crippen LogP) is 2.11. The molecule has 0 amide bonds. The van der Waals surface area contributed by atoms with E-state index in [4.69, 9.17) is 5.73 Å². The van der Waals surface area contributed by atoms with Crippen LogP contribution >= 0.6 is 0 Å². The smallest absolute Gasteiger partial charge is 0.0571 e. The van der Waals surface area contributed by atoms with E-state index in [-0.39, 0.29) is 6.04 Å². The van der Waals surface area contributed by atoms with Crippen molar-refractivity contribution in [3.8, 4) is 0 Å². The van der Waals surface area contributed by atoms with Crippen LogP contribution in [0.4, 0.5) is 0 Å². The third-order valence-electron chi connectivity index (χ3n) is 2.51. The van der Waals surface area contributed by atoms with Crippen molar-refractivity contribution in [2.24, 2.45) is 5.73 Å².